The third-order valence-electron chi connectivity index (χ3n) is 3.74. The van der Waals surface area contributed by atoms with Gasteiger partial charge in [-0.25, -0.2) is 0 Å². The lowest BCUT2D eigenvalue weighted by atomic mass is 9.84. The Hall–Kier alpha value is -1.42. The molecular weight excluding hydrogens is 268 g/mol. The molecule has 21 heavy (non-hydrogen) atoms. The van der Waals surface area contributed by atoms with E-state index >= 15 is 0 Å². The SMILES string of the molecule is CC(=O)OC1(CCCCCCCCO)C=CC=C(C)C1=O. The average molecular weight is 294 g/mol. The van der Waals surface area contributed by atoms with Crippen molar-refractivity contribution in [1.82, 2.24) is 0 Å². The van der Waals surface area contributed by atoms with E-state index in [4.69, 9.17) is 9.84 Å². The van der Waals surface area contributed by atoms with Crippen LogP contribution in [0.4, 0.5) is 0 Å². The maximum atomic E-state index is 12.4. The lowest BCUT2D eigenvalue weighted by Crippen LogP contribution is -2.42. The first-order chi connectivity index (χ1) is 10.0. The Kier molecular flexibility index (Phi) is 7.37. The molecule has 0 saturated heterocycles. The quantitative estimate of drug-likeness (QED) is 0.524. The summed E-state index contributed by atoms with van der Waals surface area (Å²) >= 11 is 0. The first kappa shape index (κ1) is 17.6. The summed E-state index contributed by atoms with van der Waals surface area (Å²) in [7, 11) is 0. The Morgan fingerprint density at radius 1 is 1.19 bits per heavy atom. The molecule has 1 unspecified atom stereocenters. The molecule has 0 spiro atoms. The van der Waals surface area contributed by atoms with Crippen LogP contribution in [0.1, 0.15) is 58.8 Å². The van der Waals surface area contributed by atoms with Crippen molar-refractivity contribution < 1.29 is 19.4 Å². The predicted molar refractivity (Wildman–Crippen MR) is 81.8 cm³/mol. The first-order valence-electron chi connectivity index (χ1n) is 7.73. The minimum absolute atomic E-state index is 0.111. The Morgan fingerprint density at radius 3 is 2.43 bits per heavy atom. The molecule has 0 fully saturated rings. The number of ether oxygens (including phenoxy) is 1. The number of carbonyl (C=O) groups is 2. The summed E-state index contributed by atoms with van der Waals surface area (Å²) < 4.78 is 5.36. The molecule has 4 nitrogen and oxygen atoms in total. The zero-order chi connectivity index (χ0) is 15.7. The molecular formula is C17H26O4. The molecule has 1 atom stereocenters. The minimum atomic E-state index is -1.10. The minimum Gasteiger partial charge on any atom is -0.447 e. The second-order valence-electron chi connectivity index (χ2n) is 5.62. The van der Waals surface area contributed by atoms with Gasteiger partial charge in [-0.15, -0.1) is 0 Å². The molecule has 1 aliphatic carbocycles. The monoisotopic (exact) mass is 294 g/mol. The lowest BCUT2D eigenvalue weighted by molar-refractivity contribution is -0.159. The zero-order valence-electron chi connectivity index (χ0n) is 13.1. The molecule has 0 saturated carbocycles. The van der Waals surface area contributed by atoms with Crippen molar-refractivity contribution in [2.75, 3.05) is 6.61 Å². The Labute approximate surface area is 126 Å². The number of Topliss-reactive ketones (excluding diaryl/α,β-unsaturated/α-hetero) is 1. The number of aliphatic hydroxyl groups is 1. The molecule has 1 rings (SSSR count). The van der Waals surface area contributed by atoms with Gasteiger partial charge in [0.1, 0.15) is 0 Å². The molecule has 0 heterocycles. The molecule has 1 N–H and O–H groups in total. The van der Waals surface area contributed by atoms with E-state index in [-0.39, 0.29) is 12.4 Å². The topological polar surface area (TPSA) is 63.6 Å². The summed E-state index contributed by atoms with van der Waals surface area (Å²) in [5.41, 5.74) is -0.475. The molecule has 0 radical (unpaired) electrons. The van der Waals surface area contributed by atoms with Crippen LogP contribution in [0, 0.1) is 0 Å². The maximum absolute atomic E-state index is 12.4. The van der Waals surface area contributed by atoms with E-state index in [1.54, 1.807) is 25.2 Å². The van der Waals surface area contributed by atoms with Crippen molar-refractivity contribution in [2.45, 2.75) is 64.4 Å². The van der Waals surface area contributed by atoms with Crippen LogP contribution in [0.15, 0.2) is 23.8 Å². The predicted octanol–water partition coefficient (Wildman–Crippen LogP) is 3.10. The highest BCUT2D eigenvalue weighted by atomic mass is 16.6. The largest absolute Gasteiger partial charge is 0.447 e. The second-order valence-corrected chi connectivity index (χ2v) is 5.62. The molecule has 0 amide bonds. The van der Waals surface area contributed by atoms with E-state index < -0.39 is 11.6 Å². The van der Waals surface area contributed by atoms with Crippen LogP contribution < -0.4 is 0 Å². The fourth-order valence-electron chi connectivity index (χ4n) is 2.62. The number of ketones is 1. The third kappa shape index (κ3) is 5.46. The summed E-state index contributed by atoms with van der Waals surface area (Å²) in [6.07, 6.45) is 11.7. The van der Waals surface area contributed by atoms with Crippen LogP contribution in [0.3, 0.4) is 0 Å². The van der Waals surface area contributed by atoms with E-state index in [0.29, 0.717) is 12.0 Å². The standard InChI is InChI=1S/C17H26O4/c1-14-10-9-12-17(16(14)20,21-15(2)19)11-7-5-3-4-6-8-13-18/h9-10,12,18H,3-8,11,13H2,1-2H3. The fourth-order valence-corrected chi connectivity index (χ4v) is 2.62. The Morgan fingerprint density at radius 2 is 1.81 bits per heavy atom. The normalized spacial score (nSPS) is 21.3. The summed E-state index contributed by atoms with van der Waals surface area (Å²) in [6.45, 7) is 3.34. The number of esters is 1. The molecule has 0 aromatic heterocycles. The van der Waals surface area contributed by atoms with Gasteiger partial charge in [0, 0.05) is 13.5 Å². The summed E-state index contributed by atoms with van der Waals surface area (Å²) in [4.78, 5) is 23.7. The number of unbranched alkanes of at least 4 members (excludes halogenated alkanes) is 5. The molecule has 118 valence electrons. The highest BCUT2D eigenvalue weighted by Gasteiger charge is 2.40. The van der Waals surface area contributed by atoms with Gasteiger partial charge >= 0.3 is 5.97 Å². The zero-order valence-corrected chi connectivity index (χ0v) is 13.1. The van der Waals surface area contributed by atoms with Gasteiger partial charge in [-0.3, -0.25) is 9.59 Å². The van der Waals surface area contributed by atoms with Gasteiger partial charge in [0.05, 0.1) is 0 Å². The number of rotatable bonds is 9. The molecule has 0 aliphatic heterocycles. The van der Waals surface area contributed by atoms with E-state index in [1.807, 2.05) is 0 Å². The molecule has 1 aliphatic rings. The van der Waals surface area contributed by atoms with Gasteiger partial charge in [-0.1, -0.05) is 37.8 Å². The van der Waals surface area contributed by atoms with E-state index in [1.165, 1.54) is 6.92 Å². The number of aliphatic hydroxyl groups excluding tert-OH is 1. The van der Waals surface area contributed by atoms with Crippen molar-refractivity contribution in [3.05, 3.63) is 23.8 Å². The van der Waals surface area contributed by atoms with Gasteiger partial charge < -0.3 is 9.84 Å². The van der Waals surface area contributed by atoms with E-state index in [0.717, 1.165) is 38.5 Å². The van der Waals surface area contributed by atoms with Crippen LogP contribution in [-0.4, -0.2) is 29.1 Å². The van der Waals surface area contributed by atoms with Gasteiger partial charge in [-0.05, 0) is 37.8 Å². The van der Waals surface area contributed by atoms with Crippen molar-refractivity contribution in [1.29, 1.82) is 0 Å². The van der Waals surface area contributed by atoms with Crippen LogP contribution >= 0.6 is 0 Å². The lowest BCUT2D eigenvalue weighted by Gasteiger charge is -2.30. The van der Waals surface area contributed by atoms with Gasteiger partial charge in [0.25, 0.3) is 0 Å². The number of allylic oxidation sites excluding steroid dienone is 2. The van der Waals surface area contributed by atoms with Crippen LogP contribution in [0.5, 0.6) is 0 Å². The van der Waals surface area contributed by atoms with Crippen molar-refractivity contribution >= 4 is 11.8 Å². The van der Waals surface area contributed by atoms with Crippen LogP contribution in [0.25, 0.3) is 0 Å². The Balaban J connectivity index is 2.49. The number of hydrogen-bond donors (Lipinski definition) is 1. The first-order valence-corrected chi connectivity index (χ1v) is 7.73. The van der Waals surface area contributed by atoms with Crippen molar-refractivity contribution in [3.8, 4) is 0 Å². The fraction of sp³-hybridized carbons (Fsp3) is 0.647. The average Bonchev–Trinajstić information content (AvgIpc) is 2.43. The molecule has 0 aromatic carbocycles. The highest BCUT2D eigenvalue weighted by Crippen LogP contribution is 2.29. The van der Waals surface area contributed by atoms with Crippen molar-refractivity contribution in [3.63, 3.8) is 0 Å². The smallest absolute Gasteiger partial charge is 0.303 e. The van der Waals surface area contributed by atoms with Crippen molar-refractivity contribution in [2.24, 2.45) is 0 Å². The maximum Gasteiger partial charge on any atom is 0.303 e. The van der Waals surface area contributed by atoms with Gasteiger partial charge in [0.15, 0.2) is 5.60 Å². The van der Waals surface area contributed by atoms with E-state index in [9.17, 15) is 9.59 Å². The van der Waals surface area contributed by atoms with Gasteiger partial charge in [-0.2, -0.15) is 0 Å². The third-order valence-corrected chi connectivity index (χ3v) is 3.74. The number of hydrogen-bond acceptors (Lipinski definition) is 4. The molecule has 0 bridgehead atoms. The van der Waals surface area contributed by atoms with Gasteiger partial charge in [0.2, 0.25) is 5.78 Å². The molecule has 0 aromatic rings. The van der Waals surface area contributed by atoms with Crippen LogP contribution in [-0.2, 0) is 14.3 Å². The van der Waals surface area contributed by atoms with E-state index in [2.05, 4.69) is 0 Å². The summed E-state index contributed by atoms with van der Waals surface area (Å²) in [5, 5.41) is 8.71. The Bertz CT molecular complexity index is 423. The van der Waals surface area contributed by atoms with Crippen LogP contribution in [0.2, 0.25) is 0 Å². The highest BCUT2D eigenvalue weighted by molar-refractivity contribution is 6.05. The second kappa shape index (κ2) is 8.78. The summed E-state index contributed by atoms with van der Waals surface area (Å²) in [5.74, 6) is -0.536. The summed E-state index contributed by atoms with van der Waals surface area (Å²) in [6, 6.07) is 0. The number of carbonyl (C=O) groups excluding carboxylic acids is 2. The molecule has 4 heteroatoms.